The van der Waals surface area contributed by atoms with Gasteiger partial charge in [-0.2, -0.15) is 0 Å². The van der Waals surface area contributed by atoms with Gasteiger partial charge in [0.1, 0.15) is 0 Å². The Morgan fingerprint density at radius 1 is 0.474 bits per heavy atom. The second-order valence-electron chi connectivity index (χ2n) is 15.6. The van der Waals surface area contributed by atoms with E-state index in [1.54, 1.807) is 109 Å². The number of carbonyl (C=O) groups excluding carboxylic acids is 2. The molecule has 0 aromatic heterocycles. The van der Waals surface area contributed by atoms with E-state index in [1.165, 1.54) is 34.1 Å². The number of benzene rings is 4. The first-order valence-electron chi connectivity index (χ1n) is 20.3. The standard InChI is InChI=1S/2C19H18F2NO.2C5H5.Ti/c2*20-15-11-12-18(17(21)13-15)22(16-9-5-2-6-10-16)19(23)14-7-3-1-4-8-14;2*1-2-4-5-3-1;/h2*1,3-4,7-8,11-12,16H,2,5-6,9-10H2;2*1-5H;. The third kappa shape index (κ3) is 7.20. The van der Waals surface area contributed by atoms with E-state index < -0.39 is 60.1 Å². The van der Waals surface area contributed by atoms with Crippen LogP contribution in [0.3, 0.4) is 0 Å². The van der Waals surface area contributed by atoms with Crippen LogP contribution in [0.1, 0.15) is 84.9 Å². The van der Waals surface area contributed by atoms with Crippen LogP contribution in [0.15, 0.2) is 134 Å². The van der Waals surface area contributed by atoms with Gasteiger partial charge in [-0.15, -0.1) is 0 Å². The molecular formula is C48H46F4N2O2Ti. The molecule has 2 amide bonds. The third-order valence-corrected chi connectivity index (χ3v) is 20.9. The molecular weight excluding hydrogens is 760 g/mol. The molecule has 0 N–H and O–H groups in total. The average Bonchev–Trinajstić information content (AvgIpc) is 4.00. The van der Waals surface area contributed by atoms with Crippen molar-refractivity contribution in [2.24, 2.45) is 0 Å². The minimum atomic E-state index is -5.30. The topological polar surface area (TPSA) is 40.6 Å². The summed E-state index contributed by atoms with van der Waals surface area (Å²) in [4.78, 5) is 31.9. The van der Waals surface area contributed by atoms with Crippen LogP contribution in [-0.2, 0) is 16.6 Å². The van der Waals surface area contributed by atoms with Gasteiger partial charge in [0.2, 0.25) is 0 Å². The molecule has 0 bridgehead atoms. The van der Waals surface area contributed by atoms with E-state index >= 15 is 17.6 Å². The van der Waals surface area contributed by atoms with Crippen LogP contribution in [-0.4, -0.2) is 23.9 Å². The molecule has 0 saturated heterocycles. The summed E-state index contributed by atoms with van der Waals surface area (Å²) in [6, 6.07) is 21.5. The Bertz CT molecular complexity index is 2060. The van der Waals surface area contributed by atoms with Gasteiger partial charge in [-0.25, -0.2) is 0 Å². The molecule has 0 heterocycles. The van der Waals surface area contributed by atoms with Crippen LogP contribution in [0.25, 0.3) is 0 Å². The molecule has 0 spiro atoms. The molecule has 0 atom stereocenters. The molecule has 0 unspecified atom stereocenters. The maximum absolute atomic E-state index is 18.3. The first kappa shape index (κ1) is 39.1. The van der Waals surface area contributed by atoms with E-state index in [4.69, 9.17) is 0 Å². The summed E-state index contributed by atoms with van der Waals surface area (Å²) in [6.07, 6.45) is 22.1. The fraction of sp³-hybridized carbons (Fsp3) is 0.292. The zero-order chi connectivity index (χ0) is 39.5. The van der Waals surface area contributed by atoms with E-state index in [-0.39, 0.29) is 31.2 Å². The van der Waals surface area contributed by atoms with E-state index in [1.807, 2.05) is 0 Å². The van der Waals surface area contributed by atoms with Crippen LogP contribution in [0.4, 0.5) is 28.9 Å². The number of carbonyl (C=O) groups is 2. The normalized spacial score (nSPS) is 17.8. The Hall–Kier alpha value is -4.79. The number of hydrogen-bond acceptors (Lipinski definition) is 2. The summed E-state index contributed by atoms with van der Waals surface area (Å²) in [6.45, 7) is 0. The third-order valence-electron chi connectivity index (χ3n) is 12.4. The van der Waals surface area contributed by atoms with E-state index in [0.29, 0.717) is 36.8 Å². The quantitative estimate of drug-likeness (QED) is 0.118. The number of nitrogens with zero attached hydrogens (tertiary/aromatic N) is 2. The Kier molecular flexibility index (Phi) is 11.6. The SMILES string of the molecule is O=C(c1ccccc1)N(c1ccc(F)[c]([Ti]([c]2c(F)ccc(N(C(=O)c3ccccc3)C3CCCCC3)c2F)([CH]2C=CC=C2)[CH]2C=CC=C2)c1F)C1CCCCC1. The van der Waals surface area contributed by atoms with Gasteiger partial charge in [0.05, 0.1) is 0 Å². The summed E-state index contributed by atoms with van der Waals surface area (Å²) in [5.41, 5.74) is 0.526. The molecule has 2 saturated carbocycles. The first-order valence-corrected chi connectivity index (χ1v) is 23.6. The number of anilines is 2. The summed E-state index contributed by atoms with van der Waals surface area (Å²) in [7, 11) is 0. The summed E-state index contributed by atoms with van der Waals surface area (Å²) >= 11 is -5.30. The average molecular weight is 807 g/mol. The molecule has 0 aliphatic heterocycles. The number of amides is 2. The Morgan fingerprint density at radius 2 is 0.825 bits per heavy atom. The molecule has 4 aliphatic rings. The molecule has 8 rings (SSSR count). The molecule has 292 valence electrons. The van der Waals surface area contributed by atoms with Crippen molar-refractivity contribution >= 4 is 30.9 Å². The molecule has 4 nitrogen and oxygen atoms in total. The number of allylic oxidation sites excluding steroid dienone is 8. The molecule has 9 heteroatoms. The summed E-state index contributed by atoms with van der Waals surface area (Å²) in [5, 5.41) is 0. The summed E-state index contributed by atoms with van der Waals surface area (Å²) in [5.74, 6) is -4.60. The zero-order valence-corrected chi connectivity index (χ0v) is 33.4. The van der Waals surface area contributed by atoms with Gasteiger partial charge in [0, 0.05) is 0 Å². The summed E-state index contributed by atoms with van der Waals surface area (Å²) < 4.78 is 68.8. The molecule has 4 aliphatic carbocycles. The zero-order valence-electron chi connectivity index (χ0n) is 31.8. The van der Waals surface area contributed by atoms with Crippen molar-refractivity contribution in [2.75, 3.05) is 9.80 Å². The molecule has 57 heavy (non-hydrogen) atoms. The van der Waals surface area contributed by atoms with Crippen molar-refractivity contribution in [3.05, 3.63) is 168 Å². The van der Waals surface area contributed by atoms with Gasteiger partial charge in [-0.3, -0.25) is 0 Å². The van der Waals surface area contributed by atoms with Crippen molar-refractivity contribution in [1.82, 2.24) is 0 Å². The molecule has 2 fully saturated rings. The monoisotopic (exact) mass is 806 g/mol. The first-order chi connectivity index (χ1) is 27.8. The number of halogens is 4. The maximum atomic E-state index is 18.3. The molecule has 0 radical (unpaired) electrons. The van der Waals surface area contributed by atoms with Gasteiger partial charge in [-0.1, -0.05) is 0 Å². The predicted molar refractivity (Wildman–Crippen MR) is 216 cm³/mol. The predicted octanol–water partition coefficient (Wildman–Crippen LogP) is 11.1. The van der Waals surface area contributed by atoms with Crippen LogP contribution >= 0.6 is 0 Å². The van der Waals surface area contributed by atoms with Gasteiger partial charge in [0.25, 0.3) is 0 Å². The van der Waals surface area contributed by atoms with Crippen LogP contribution in [0.2, 0.25) is 8.45 Å². The van der Waals surface area contributed by atoms with Crippen molar-refractivity contribution in [1.29, 1.82) is 0 Å². The van der Waals surface area contributed by atoms with Crippen LogP contribution in [0.5, 0.6) is 0 Å². The second kappa shape index (κ2) is 17.0. The van der Waals surface area contributed by atoms with Gasteiger partial charge < -0.3 is 0 Å². The Labute approximate surface area is 335 Å². The van der Waals surface area contributed by atoms with Crippen molar-refractivity contribution in [2.45, 2.75) is 84.7 Å². The fourth-order valence-electron chi connectivity index (χ4n) is 9.76. The fourth-order valence-corrected chi connectivity index (χ4v) is 18.5. The van der Waals surface area contributed by atoms with Gasteiger partial charge in [0.15, 0.2) is 0 Å². The van der Waals surface area contributed by atoms with Gasteiger partial charge >= 0.3 is 337 Å². The minimum absolute atomic E-state index is 0.0980. The molecule has 4 aromatic carbocycles. The van der Waals surface area contributed by atoms with Crippen molar-refractivity contribution < 1.29 is 43.7 Å². The van der Waals surface area contributed by atoms with Crippen LogP contribution in [0, 0.1) is 23.3 Å². The molecule has 4 aromatic rings. The van der Waals surface area contributed by atoms with E-state index in [0.717, 1.165) is 38.5 Å². The van der Waals surface area contributed by atoms with E-state index in [2.05, 4.69) is 0 Å². The van der Waals surface area contributed by atoms with Crippen molar-refractivity contribution in [3.63, 3.8) is 0 Å². The Morgan fingerprint density at radius 3 is 1.18 bits per heavy atom. The number of rotatable bonds is 10. The second-order valence-corrected chi connectivity index (χ2v) is 22.0. The van der Waals surface area contributed by atoms with Crippen LogP contribution < -0.4 is 17.5 Å². The van der Waals surface area contributed by atoms with E-state index in [9.17, 15) is 9.59 Å². The van der Waals surface area contributed by atoms with Gasteiger partial charge in [-0.05, 0) is 0 Å². The number of hydrogen-bond donors (Lipinski definition) is 0. The Balaban J connectivity index is 1.40. The van der Waals surface area contributed by atoms with Crippen molar-refractivity contribution in [3.8, 4) is 0 Å².